The zero-order valence-corrected chi connectivity index (χ0v) is 19.6. The van der Waals surface area contributed by atoms with Crippen LogP contribution in [0.5, 0.6) is 17.2 Å². The molecule has 2 N–H and O–H groups in total. The van der Waals surface area contributed by atoms with Gasteiger partial charge in [0.05, 0.1) is 32.4 Å². The Kier molecular flexibility index (Phi) is 6.84. The lowest BCUT2D eigenvalue weighted by molar-refractivity contribution is -0.136. The second-order valence-corrected chi connectivity index (χ2v) is 8.87. The van der Waals surface area contributed by atoms with Crippen LogP contribution in [0.3, 0.4) is 0 Å². The van der Waals surface area contributed by atoms with E-state index >= 15 is 0 Å². The van der Waals surface area contributed by atoms with Gasteiger partial charge in [-0.1, -0.05) is 0 Å². The molecule has 8 heteroatoms. The molecule has 0 saturated carbocycles. The predicted molar refractivity (Wildman–Crippen MR) is 129 cm³/mol. The van der Waals surface area contributed by atoms with Crippen molar-refractivity contribution in [2.75, 3.05) is 20.3 Å². The molecule has 172 valence electrons. The number of rotatable bonds is 10. The van der Waals surface area contributed by atoms with Crippen LogP contribution in [0.2, 0.25) is 0 Å². The smallest absolute Gasteiger partial charge is 0.307 e. The molecule has 0 amide bonds. The summed E-state index contributed by atoms with van der Waals surface area (Å²) in [6.07, 6.45) is 2.38. The topological polar surface area (TPSA) is 93.7 Å². The standard InChI is InChI=1S/C25H26N2O5S/c1-15-16(2)33-25(27-15)17-5-8-22(23(11-17)30-3)32-10-4-9-31-19-6-7-21-20(13-19)18(14-26-21)12-24(28)29/h5-8,11,13-14,26H,4,9-10,12H2,1-3H3,(H,28,29). The van der Waals surface area contributed by atoms with Crippen molar-refractivity contribution in [1.82, 2.24) is 9.97 Å². The molecule has 0 atom stereocenters. The number of aromatic amines is 1. The number of H-pyrrole nitrogens is 1. The number of aryl methyl sites for hydroxylation is 2. The highest BCUT2D eigenvalue weighted by atomic mass is 32.1. The molecule has 4 rings (SSSR count). The summed E-state index contributed by atoms with van der Waals surface area (Å²) in [4.78, 5) is 19.9. The van der Waals surface area contributed by atoms with Gasteiger partial charge in [0, 0.05) is 34.0 Å². The number of nitrogens with zero attached hydrogens (tertiary/aromatic N) is 1. The summed E-state index contributed by atoms with van der Waals surface area (Å²) in [5.74, 6) is 1.19. The Labute approximate surface area is 196 Å². The molecule has 0 aliphatic heterocycles. The second-order valence-electron chi connectivity index (χ2n) is 7.67. The lowest BCUT2D eigenvalue weighted by Gasteiger charge is -2.12. The van der Waals surface area contributed by atoms with E-state index in [-0.39, 0.29) is 6.42 Å². The van der Waals surface area contributed by atoms with Crippen molar-refractivity contribution < 1.29 is 24.1 Å². The molecule has 0 bridgehead atoms. The summed E-state index contributed by atoms with van der Waals surface area (Å²) in [5.41, 5.74) is 3.68. The minimum absolute atomic E-state index is 0.0281. The van der Waals surface area contributed by atoms with Gasteiger partial charge in [-0.25, -0.2) is 4.98 Å². The number of nitrogens with one attached hydrogen (secondary N) is 1. The van der Waals surface area contributed by atoms with Crippen LogP contribution >= 0.6 is 11.3 Å². The van der Waals surface area contributed by atoms with Gasteiger partial charge < -0.3 is 24.3 Å². The molecule has 0 radical (unpaired) electrons. The van der Waals surface area contributed by atoms with Gasteiger partial charge in [0.2, 0.25) is 0 Å². The van der Waals surface area contributed by atoms with Gasteiger partial charge in [-0.15, -0.1) is 11.3 Å². The van der Waals surface area contributed by atoms with E-state index in [0.29, 0.717) is 36.9 Å². The number of benzene rings is 2. The van der Waals surface area contributed by atoms with Crippen LogP contribution in [-0.4, -0.2) is 41.4 Å². The number of carbonyl (C=O) groups is 1. The number of carboxylic acid groups (broad SMARTS) is 1. The fourth-order valence-electron chi connectivity index (χ4n) is 3.50. The predicted octanol–water partition coefficient (Wildman–Crippen LogP) is 5.39. The molecule has 7 nitrogen and oxygen atoms in total. The number of ether oxygens (including phenoxy) is 3. The van der Waals surface area contributed by atoms with Gasteiger partial charge in [-0.2, -0.15) is 0 Å². The molecular formula is C25H26N2O5S. The van der Waals surface area contributed by atoms with Crippen molar-refractivity contribution >= 4 is 28.2 Å². The molecule has 0 spiro atoms. The first-order valence-corrected chi connectivity index (χ1v) is 11.5. The minimum atomic E-state index is -0.861. The van der Waals surface area contributed by atoms with Crippen LogP contribution in [0.15, 0.2) is 42.6 Å². The van der Waals surface area contributed by atoms with Crippen LogP contribution in [-0.2, 0) is 11.2 Å². The van der Waals surface area contributed by atoms with E-state index < -0.39 is 5.97 Å². The maximum Gasteiger partial charge on any atom is 0.307 e. The molecule has 0 fully saturated rings. The third-order valence-corrected chi connectivity index (χ3v) is 6.46. The highest BCUT2D eigenvalue weighted by molar-refractivity contribution is 7.15. The van der Waals surface area contributed by atoms with Crippen LogP contribution in [0.1, 0.15) is 22.6 Å². The van der Waals surface area contributed by atoms with E-state index in [1.165, 1.54) is 4.88 Å². The zero-order chi connectivity index (χ0) is 23.4. The van der Waals surface area contributed by atoms with E-state index in [9.17, 15) is 4.79 Å². The second kappa shape index (κ2) is 9.95. The summed E-state index contributed by atoms with van der Waals surface area (Å²) in [5, 5.41) is 10.9. The number of thiazole rings is 1. The molecule has 33 heavy (non-hydrogen) atoms. The Morgan fingerprint density at radius 3 is 2.64 bits per heavy atom. The van der Waals surface area contributed by atoms with Crippen molar-refractivity contribution in [3.8, 4) is 27.8 Å². The maximum atomic E-state index is 11.0. The van der Waals surface area contributed by atoms with Gasteiger partial charge in [-0.3, -0.25) is 4.79 Å². The quantitative estimate of drug-likeness (QED) is 0.304. The number of aromatic nitrogens is 2. The van der Waals surface area contributed by atoms with Crippen molar-refractivity contribution in [1.29, 1.82) is 0 Å². The van der Waals surface area contributed by atoms with Gasteiger partial charge in [-0.05, 0) is 55.8 Å². The van der Waals surface area contributed by atoms with E-state index in [2.05, 4.69) is 16.9 Å². The van der Waals surface area contributed by atoms with Crippen molar-refractivity contribution in [3.63, 3.8) is 0 Å². The fourth-order valence-corrected chi connectivity index (χ4v) is 4.41. The number of hydrogen-bond donors (Lipinski definition) is 2. The van der Waals surface area contributed by atoms with Crippen LogP contribution in [0, 0.1) is 13.8 Å². The molecule has 2 aromatic heterocycles. The lowest BCUT2D eigenvalue weighted by atomic mass is 10.1. The van der Waals surface area contributed by atoms with E-state index in [4.69, 9.17) is 19.3 Å². The van der Waals surface area contributed by atoms with Gasteiger partial charge in [0.25, 0.3) is 0 Å². The first kappa shape index (κ1) is 22.7. The largest absolute Gasteiger partial charge is 0.493 e. The summed E-state index contributed by atoms with van der Waals surface area (Å²) in [6.45, 7) is 5.03. The number of methoxy groups -OCH3 is 1. The zero-order valence-electron chi connectivity index (χ0n) is 18.8. The Morgan fingerprint density at radius 1 is 1.09 bits per heavy atom. The summed E-state index contributed by atoms with van der Waals surface area (Å²) < 4.78 is 17.3. The van der Waals surface area contributed by atoms with Crippen LogP contribution < -0.4 is 14.2 Å². The number of carboxylic acids is 1. The monoisotopic (exact) mass is 466 g/mol. The normalized spacial score (nSPS) is 11.0. The molecule has 0 unspecified atom stereocenters. The number of aliphatic carboxylic acids is 1. The van der Waals surface area contributed by atoms with Gasteiger partial charge >= 0.3 is 5.97 Å². The highest BCUT2D eigenvalue weighted by Gasteiger charge is 2.12. The number of fused-ring (bicyclic) bond motifs is 1. The number of hydrogen-bond acceptors (Lipinski definition) is 6. The first-order chi connectivity index (χ1) is 15.9. The van der Waals surface area contributed by atoms with Gasteiger partial charge in [0.1, 0.15) is 10.8 Å². The molecule has 0 saturated heterocycles. The first-order valence-electron chi connectivity index (χ1n) is 10.6. The molecular weight excluding hydrogens is 440 g/mol. The maximum absolute atomic E-state index is 11.0. The summed E-state index contributed by atoms with van der Waals surface area (Å²) in [7, 11) is 1.63. The van der Waals surface area contributed by atoms with Gasteiger partial charge in [0.15, 0.2) is 11.5 Å². The molecule has 2 heterocycles. The average Bonchev–Trinajstić information content (AvgIpc) is 3.35. The molecule has 4 aromatic rings. The van der Waals surface area contributed by atoms with Crippen molar-refractivity contribution in [2.45, 2.75) is 26.7 Å². The molecule has 0 aliphatic carbocycles. The van der Waals surface area contributed by atoms with Crippen LogP contribution in [0.4, 0.5) is 0 Å². The SMILES string of the molecule is COc1cc(-c2nc(C)c(C)s2)ccc1OCCCOc1ccc2[nH]cc(CC(=O)O)c2c1. The van der Waals surface area contributed by atoms with Crippen molar-refractivity contribution in [2.24, 2.45) is 0 Å². The third-order valence-electron chi connectivity index (χ3n) is 5.33. The minimum Gasteiger partial charge on any atom is -0.493 e. The molecule has 0 aliphatic rings. The summed E-state index contributed by atoms with van der Waals surface area (Å²) >= 11 is 1.66. The Morgan fingerprint density at radius 2 is 1.91 bits per heavy atom. The van der Waals surface area contributed by atoms with E-state index in [1.807, 2.05) is 43.3 Å². The van der Waals surface area contributed by atoms with Crippen molar-refractivity contribution in [3.05, 3.63) is 58.7 Å². The fraction of sp³-hybridized carbons (Fsp3) is 0.280. The Balaban J connectivity index is 1.32. The summed E-state index contributed by atoms with van der Waals surface area (Å²) in [6, 6.07) is 11.5. The molecule has 2 aromatic carbocycles. The van der Waals surface area contributed by atoms with Crippen LogP contribution in [0.25, 0.3) is 21.5 Å². The average molecular weight is 467 g/mol. The third kappa shape index (κ3) is 5.28. The Bertz CT molecular complexity index is 1260. The van der Waals surface area contributed by atoms with E-state index in [1.54, 1.807) is 24.6 Å². The lowest BCUT2D eigenvalue weighted by Crippen LogP contribution is -2.06. The Hall–Kier alpha value is -3.52. The van der Waals surface area contributed by atoms with E-state index in [0.717, 1.165) is 32.7 Å². The highest BCUT2D eigenvalue weighted by Crippen LogP contribution is 2.35.